The van der Waals surface area contributed by atoms with E-state index in [0.29, 0.717) is 0 Å². The Hall–Kier alpha value is -1.57. The van der Waals surface area contributed by atoms with Crippen LogP contribution in [0.3, 0.4) is 0 Å². The summed E-state index contributed by atoms with van der Waals surface area (Å²) in [5.74, 6) is 0. The largest absolute Gasteiger partial charge is 0.303 e. The summed E-state index contributed by atoms with van der Waals surface area (Å²) >= 11 is 0. The van der Waals surface area contributed by atoms with Crippen molar-refractivity contribution in [2.75, 3.05) is 14.1 Å². The van der Waals surface area contributed by atoms with Gasteiger partial charge in [-0.05, 0) is 13.0 Å². The molecule has 1 rings (SSSR count). The molecule has 0 aliphatic carbocycles. The molecule has 0 bridgehead atoms. The summed E-state index contributed by atoms with van der Waals surface area (Å²) in [7, 11) is 3.80. The fraction of sp³-hybridized carbons (Fsp3) is 0.357. The van der Waals surface area contributed by atoms with Gasteiger partial charge in [-0.3, -0.25) is 0 Å². The third-order valence-corrected chi connectivity index (χ3v) is 1.85. The van der Waals surface area contributed by atoms with Crippen LogP contribution in [0.2, 0.25) is 0 Å². The second-order valence-corrected chi connectivity index (χ2v) is 3.40. The third-order valence-electron chi connectivity index (χ3n) is 1.85. The van der Waals surface area contributed by atoms with Crippen molar-refractivity contribution in [2.45, 2.75) is 20.8 Å². The Balaban J connectivity index is 0.00000106. The zero-order valence-electron chi connectivity index (χ0n) is 11.0. The molecule has 0 heterocycles. The SMILES string of the molecule is C=C/C(=N\N(C)C)c1ccc(C)cc1.CC. The highest BCUT2D eigenvalue weighted by atomic mass is 15.4. The van der Waals surface area contributed by atoms with Crippen LogP contribution >= 0.6 is 0 Å². The van der Waals surface area contributed by atoms with E-state index < -0.39 is 0 Å². The third kappa shape index (κ3) is 4.78. The highest BCUT2D eigenvalue weighted by Crippen LogP contribution is 2.05. The van der Waals surface area contributed by atoms with Crippen molar-refractivity contribution in [1.82, 2.24) is 5.01 Å². The van der Waals surface area contributed by atoms with Gasteiger partial charge in [0.25, 0.3) is 0 Å². The van der Waals surface area contributed by atoms with Crippen LogP contribution in [-0.2, 0) is 0 Å². The fourth-order valence-electron chi connectivity index (χ4n) is 1.16. The summed E-state index contributed by atoms with van der Waals surface area (Å²) in [6.45, 7) is 9.83. The average Bonchev–Trinajstić information content (AvgIpc) is 2.29. The lowest BCUT2D eigenvalue weighted by molar-refractivity contribution is 0.438. The molecule has 0 amide bonds. The van der Waals surface area contributed by atoms with E-state index in [1.54, 1.807) is 11.1 Å². The molecular weight excluding hydrogens is 196 g/mol. The van der Waals surface area contributed by atoms with Crippen molar-refractivity contribution in [2.24, 2.45) is 5.10 Å². The van der Waals surface area contributed by atoms with Crippen LogP contribution in [0, 0.1) is 6.92 Å². The van der Waals surface area contributed by atoms with Gasteiger partial charge in [0.2, 0.25) is 0 Å². The number of nitrogens with zero attached hydrogens (tertiary/aromatic N) is 2. The van der Waals surface area contributed by atoms with Crippen LogP contribution in [0.15, 0.2) is 42.0 Å². The van der Waals surface area contributed by atoms with E-state index in [0.717, 1.165) is 11.3 Å². The Morgan fingerprint density at radius 2 is 1.69 bits per heavy atom. The van der Waals surface area contributed by atoms with Crippen LogP contribution in [0.25, 0.3) is 0 Å². The maximum atomic E-state index is 4.33. The maximum Gasteiger partial charge on any atom is 0.0897 e. The molecule has 0 aliphatic rings. The Labute approximate surface area is 99.3 Å². The normalized spacial score (nSPS) is 10.2. The number of benzene rings is 1. The average molecular weight is 218 g/mol. The molecule has 0 N–H and O–H groups in total. The van der Waals surface area contributed by atoms with Crippen LogP contribution in [0.5, 0.6) is 0 Å². The first-order chi connectivity index (χ1) is 7.63. The first kappa shape index (κ1) is 14.4. The molecule has 1 aromatic rings. The smallest absolute Gasteiger partial charge is 0.0897 e. The summed E-state index contributed by atoms with van der Waals surface area (Å²) in [5.41, 5.74) is 3.25. The van der Waals surface area contributed by atoms with Crippen molar-refractivity contribution in [1.29, 1.82) is 0 Å². The Morgan fingerprint density at radius 3 is 2.06 bits per heavy atom. The second-order valence-electron chi connectivity index (χ2n) is 3.40. The molecule has 2 heteroatoms. The molecule has 0 saturated heterocycles. The summed E-state index contributed by atoms with van der Waals surface area (Å²) in [6.07, 6.45) is 1.77. The Kier molecular flexibility index (Phi) is 6.93. The minimum absolute atomic E-state index is 0.898. The van der Waals surface area contributed by atoms with Gasteiger partial charge in [-0.1, -0.05) is 50.3 Å². The first-order valence-electron chi connectivity index (χ1n) is 5.59. The lowest BCUT2D eigenvalue weighted by Crippen LogP contribution is -2.08. The van der Waals surface area contributed by atoms with Gasteiger partial charge in [-0.2, -0.15) is 5.10 Å². The van der Waals surface area contributed by atoms with Crippen LogP contribution in [-0.4, -0.2) is 24.8 Å². The van der Waals surface area contributed by atoms with Gasteiger partial charge < -0.3 is 5.01 Å². The molecule has 0 atom stereocenters. The van der Waals surface area contributed by atoms with Crippen LogP contribution in [0.4, 0.5) is 0 Å². The zero-order chi connectivity index (χ0) is 12.6. The van der Waals surface area contributed by atoms with Gasteiger partial charge in [0.15, 0.2) is 0 Å². The van der Waals surface area contributed by atoms with E-state index in [1.807, 2.05) is 27.9 Å². The quantitative estimate of drug-likeness (QED) is 0.560. The van der Waals surface area contributed by atoms with Crippen molar-refractivity contribution in [3.8, 4) is 0 Å². The Morgan fingerprint density at radius 1 is 1.19 bits per heavy atom. The zero-order valence-corrected chi connectivity index (χ0v) is 11.0. The van der Waals surface area contributed by atoms with Gasteiger partial charge in [0, 0.05) is 19.7 Å². The molecule has 0 spiro atoms. The van der Waals surface area contributed by atoms with E-state index in [1.165, 1.54) is 5.56 Å². The van der Waals surface area contributed by atoms with E-state index in [-0.39, 0.29) is 0 Å². The van der Waals surface area contributed by atoms with Crippen molar-refractivity contribution >= 4 is 5.71 Å². The maximum absolute atomic E-state index is 4.33. The molecular formula is C14H22N2. The monoisotopic (exact) mass is 218 g/mol. The molecule has 1 aromatic carbocycles. The standard InChI is InChI=1S/C12H16N2.C2H6/c1-5-12(13-14(3)4)11-8-6-10(2)7-9-11;1-2/h5-9H,1H2,2-4H3;1-2H3/b13-12+;. The number of hydrazone groups is 1. The summed E-state index contributed by atoms with van der Waals surface area (Å²) in [6, 6.07) is 8.26. The highest BCUT2D eigenvalue weighted by Gasteiger charge is 1.98. The van der Waals surface area contributed by atoms with E-state index in [2.05, 4.69) is 42.9 Å². The van der Waals surface area contributed by atoms with Crippen molar-refractivity contribution in [3.05, 3.63) is 48.0 Å². The number of hydrogen-bond acceptors (Lipinski definition) is 2. The molecule has 2 nitrogen and oxygen atoms in total. The van der Waals surface area contributed by atoms with Gasteiger partial charge in [-0.25, -0.2) is 0 Å². The van der Waals surface area contributed by atoms with Crippen molar-refractivity contribution < 1.29 is 0 Å². The highest BCUT2D eigenvalue weighted by molar-refractivity contribution is 6.08. The number of aryl methyl sites for hydroxylation is 1. The molecule has 0 fully saturated rings. The molecule has 0 unspecified atom stereocenters. The predicted octanol–water partition coefficient (Wildman–Crippen LogP) is 3.47. The van der Waals surface area contributed by atoms with Gasteiger partial charge in [-0.15, -0.1) is 0 Å². The molecule has 0 saturated carbocycles. The second kappa shape index (κ2) is 7.69. The topological polar surface area (TPSA) is 15.6 Å². The lowest BCUT2D eigenvalue weighted by Gasteiger charge is -2.07. The van der Waals surface area contributed by atoms with E-state index in [4.69, 9.17) is 0 Å². The molecule has 88 valence electrons. The Bertz CT molecular complexity index is 334. The van der Waals surface area contributed by atoms with Gasteiger partial charge >= 0.3 is 0 Å². The van der Waals surface area contributed by atoms with Crippen LogP contribution < -0.4 is 0 Å². The summed E-state index contributed by atoms with van der Waals surface area (Å²) in [4.78, 5) is 0. The number of hydrogen-bond donors (Lipinski definition) is 0. The summed E-state index contributed by atoms with van der Waals surface area (Å²) < 4.78 is 0. The van der Waals surface area contributed by atoms with Gasteiger partial charge in [0.05, 0.1) is 5.71 Å². The van der Waals surface area contributed by atoms with Crippen LogP contribution in [0.1, 0.15) is 25.0 Å². The number of rotatable bonds is 3. The minimum atomic E-state index is 0.898. The fourth-order valence-corrected chi connectivity index (χ4v) is 1.16. The van der Waals surface area contributed by atoms with E-state index in [9.17, 15) is 0 Å². The summed E-state index contributed by atoms with van der Waals surface area (Å²) in [5, 5.41) is 6.10. The molecule has 0 aromatic heterocycles. The molecule has 16 heavy (non-hydrogen) atoms. The van der Waals surface area contributed by atoms with E-state index >= 15 is 0 Å². The molecule has 0 radical (unpaired) electrons. The first-order valence-corrected chi connectivity index (χ1v) is 5.59. The minimum Gasteiger partial charge on any atom is -0.303 e. The predicted molar refractivity (Wildman–Crippen MR) is 72.9 cm³/mol. The van der Waals surface area contributed by atoms with Crippen molar-refractivity contribution in [3.63, 3.8) is 0 Å². The number of allylic oxidation sites excluding steroid dienone is 1. The lowest BCUT2D eigenvalue weighted by atomic mass is 10.1. The van der Waals surface area contributed by atoms with Gasteiger partial charge in [0.1, 0.15) is 0 Å². The molecule has 0 aliphatic heterocycles.